The fourth-order valence-corrected chi connectivity index (χ4v) is 3.66. The molecule has 0 saturated heterocycles. The van der Waals surface area contributed by atoms with Crippen LogP contribution in [0, 0.1) is 12.8 Å². The van der Waals surface area contributed by atoms with Gasteiger partial charge in [-0.05, 0) is 32.5 Å². The molecule has 0 radical (unpaired) electrons. The molecule has 0 aliphatic carbocycles. The van der Waals surface area contributed by atoms with Gasteiger partial charge in [0.25, 0.3) is 0 Å². The van der Waals surface area contributed by atoms with Crippen molar-refractivity contribution in [3.63, 3.8) is 0 Å². The maximum atomic E-state index is 11.8. The molecule has 0 aliphatic heterocycles. The zero-order valence-corrected chi connectivity index (χ0v) is 15.5. The molecule has 1 atom stereocenters. The van der Waals surface area contributed by atoms with Gasteiger partial charge in [0.15, 0.2) is 0 Å². The SMILES string of the molecule is CNCC(C)C(=O)NCCc1ccc(-c2csc(C)n2)s1.Cl. The molecule has 0 fully saturated rings. The molecule has 1 amide bonds. The summed E-state index contributed by atoms with van der Waals surface area (Å²) in [4.78, 5) is 18.8. The Morgan fingerprint density at radius 3 is 2.82 bits per heavy atom. The molecule has 0 aromatic carbocycles. The first kappa shape index (κ1) is 19.1. The Morgan fingerprint density at radius 1 is 1.41 bits per heavy atom. The summed E-state index contributed by atoms with van der Waals surface area (Å²) in [6.07, 6.45) is 0.867. The lowest BCUT2D eigenvalue weighted by Crippen LogP contribution is -2.35. The molecule has 0 bridgehead atoms. The van der Waals surface area contributed by atoms with E-state index in [1.807, 2.05) is 20.9 Å². The Labute approximate surface area is 145 Å². The number of aryl methyl sites for hydroxylation is 1. The first-order chi connectivity index (χ1) is 10.1. The first-order valence-corrected chi connectivity index (χ1v) is 8.73. The second-order valence-corrected chi connectivity index (χ2v) is 7.25. The second-order valence-electron chi connectivity index (χ2n) is 5.02. The fourth-order valence-electron chi connectivity index (χ4n) is 2.01. The summed E-state index contributed by atoms with van der Waals surface area (Å²) < 4.78 is 0. The molecule has 2 heterocycles. The van der Waals surface area contributed by atoms with Crippen molar-refractivity contribution in [1.29, 1.82) is 0 Å². The molecule has 2 N–H and O–H groups in total. The molecule has 1 unspecified atom stereocenters. The summed E-state index contributed by atoms with van der Waals surface area (Å²) in [5.74, 6) is 0.114. The van der Waals surface area contributed by atoms with Crippen molar-refractivity contribution in [3.8, 4) is 10.6 Å². The van der Waals surface area contributed by atoms with Gasteiger partial charge < -0.3 is 10.6 Å². The Kier molecular flexibility index (Phi) is 8.03. The number of hydrogen-bond acceptors (Lipinski definition) is 5. The standard InChI is InChI=1S/C15H21N3OS2.ClH/c1-10(8-16-3)15(19)17-7-6-12-4-5-14(21-12)13-9-20-11(2)18-13;/h4-5,9-10,16H,6-8H2,1-3H3,(H,17,19);1H. The van der Waals surface area contributed by atoms with Crippen LogP contribution >= 0.6 is 35.1 Å². The van der Waals surface area contributed by atoms with Crippen LogP contribution in [0.1, 0.15) is 16.8 Å². The zero-order chi connectivity index (χ0) is 15.2. The number of amides is 1. The lowest BCUT2D eigenvalue weighted by atomic mass is 10.1. The van der Waals surface area contributed by atoms with Crippen LogP contribution in [-0.4, -0.2) is 31.0 Å². The minimum absolute atomic E-state index is 0. The van der Waals surface area contributed by atoms with Crippen LogP contribution in [0.15, 0.2) is 17.5 Å². The van der Waals surface area contributed by atoms with Gasteiger partial charge in [0.2, 0.25) is 5.91 Å². The molecule has 2 aromatic heterocycles. The van der Waals surface area contributed by atoms with Gasteiger partial charge in [0.05, 0.1) is 15.6 Å². The van der Waals surface area contributed by atoms with Crippen LogP contribution in [0.4, 0.5) is 0 Å². The minimum Gasteiger partial charge on any atom is -0.355 e. The van der Waals surface area contributed by atoms with E-state index < -0.39 is 0 Å². The highest BCUT2D eigenvalue weighted by Crippen LogP contribution is 2.29. The molecule has 122 valence electrons. The van der Waals surface area contributed by atoms with E-state index in [4.69, 9.17) is 0 Å². The number of aromatic nitrogens is 1. The third-order valence-electron chi connectivity index (χ3n) is 3.16. The highest BCUT2D eigenvalue weighted by molar-refractivity contribution is 7.16. The Bertz CT molecular complexity index is 597. The topological polar surface area (TPSA) is 54.0 Å². The minimum atomic E-state index is 0. The van der Waals surface area contributed by atoms with Crippen LogP contribution in [0.2, 0.25) is 0 Å². The molecule has 7 heteroatoms. The smallest absolute Gasteiger partial charge is 0.224 e. The molecule has 22 heavy (non-hydrogen) atoms. The summed E-state index contributed by atoms with van der Waals surface area (Å²) in [7, 11) is 1.86. The highest BCUT2D eigenvalue weighted by Gasteiger charge is 2.11. The van der Waals surface area contributed by atoms with Crippen molar-refractivity contribution in [3.05, 3.63) is 27.4 Å². The van der Waals surface area contributed by atoms with E-state index in [1.165, 1.54) is 9.75 Å². The normalized spacial score (nSPS) is 11.8. The summed E-state index contributed by atoms with van der Waals surface area (Å²) in [6.45, 7) is 5.34. The number of thiophene rings is 1. The lowest BCUT2D eigenvalue weighted by Gasteiger charge is -2.10. The van der Waals surface area contributed by atoms with Crippen molar-refractivity contribution in [2.24, 2.45) is 5.92 Å². The number of nitrogens with zero attached hydrogens (tertiary/aromatic N) is 1. The summed E-state index contributed by atoms with van der Waals surface area (Å²) >= 11 is 3.42. The molecule has 0 spiro atoms. The van der Waals surface area contributed by atoms with Gasteiger partial charge in [0, 0.05) is 29.3 Å². The van der Waals surface area contributed by atoms with E-state index in [2.05, 4.69) is 33.1 Å². The molecular formula is C15H22ClN3OS2. The van der Waals surface area contributed by atoms with Crippen LogP contribution in [0.3, 0.4) is 0 Å². The number of halogens is 1. The molecule has 4 nitrogen and oxygen atoms in total. The number of carbonyl (C=O) groups excluding carboxylic acids is 1. The Morgan fingerprint density at radius 2 is 2.18 bits per heavy atom. The van der Waals surface area contributed by atoms with E-state index in [9.17, 15) is 4.79 Å². The summed E-state index contributed by atoms with van der Waals surface area (Å²) in [5.41, 5.74) is 1.06. The van der Waals surface area contributed by atoms with Crippen molar-refractivity contribution < 1.29 is 4.79 Å². The number of rotatable bonds is 7. The lowest BCUT2D eigenvalue weighted by molar-refractivity contribution is -0.124. The van der Waals surface area contributed by atoms with Gasteiger partial charge in [-0.3, -0.25) is 4.79 Å². The van der Waals surface area contributed by atoms with Gasteiger partial charge in [-0.2, -0.15) is 0 Å². The molecule has 0 aliphatic rings. The number of hydrogen-bond donors (Lipinski definition) is 2. The van der Waals surface area contributed by atoms with Crippen molar-refractivity contribution in [1.82, 2.24) is 15.6 Å². The van der Waals surface area contributed by atoms with E-state index in [1.54, 1.807) is 22.7 Å². The van der Waals surface area contributed by atoms with Crippen LogP contribution < -0.4 is 10.6 Å². The van der Waals surface area contributed by atoms with E-state index in [-0.39, 0.29) is 24.2 Å². The van der Waals surface area contributed by atoms with Gasteiger partial charge in [-0.1, -0.05) is 6.92 Å². The van der Waals surface area contributed by atoms with Gasteiger partial charge in [-0.25, -0.2) is 4.98 Å². The third-order valence-corrected chi connectivity index (χ3v) is 5.10. The monoisotopic (exact) mass is 359 g/mol. The Balaban J connectivity index is 0.00000242. The molecule has 0 saturated carbocycles. The fraction of sp³-hybridized carbons (Fsp3) is 0.467. The largest absolute Gasteiger partial charge is 0.355 e. The zero-order valence-electron chi connectivity index (χ0n) is 13.0. The van der Waals surface area contributed by atoms with Crippen LogP contribution in [0.5, 0.6) is 0 Å². The van der Waals surface area contributed by atoms with Crippen LogP contribution in [0.25, 0.3) is 10.6 Å². The van der Waals surface area contributed by atoms with Gasteiger partial charge in [-0.15, -0.1) is 35.1 Å². The maximum absolute atomic E-state index is 11.8. The van der Waals surface area contributed by atoms with Crippen LogP contribution in [-0.2, 0) is 11.2 Å². The average molecular weight is 360 g/mol. The predicted octanol–water partition coefficient (Wildman–Crippen LogP) is 3.12. The Hall–Kier alpha value is -0.950. The number of thiazole rings is 1. The van der Waals surface area contributed by atoms with E-state index in [0.29, 0.717) is 13.1 Å². The van der Waals surface area contributed by atoms with Gasteiger partial charge in [0.1, 0.15) is 0 Å². The first-order valence-electron chi connectivity index (χ1n) is 7.03. The van der Waals surface area contributed by atoms with E-state index in [0.717, 1.165) is 17.1 Å². The third kappa shape index (κ3) is 5.35. The molecular weight excluding hydrogens is 338 g/mol. The van der Waals surface area contributed by atoms with Gasteiger partial charge >= 0.3 is 0 Å². The quantitative estimate of drug-likeness (QED) is 0.798. The van der Waals surface area contributed by atoms with E-state index >= 15 is 0 Å². The average Bonchev–Trinajstić information content (AvgIpc) is 3.07. The highest BCUT2D eigenvalue weighted by atomic mass is 35.5. The molecule has 2 rings (SSSR count). The molecule has 2 aromatic rings. The predicted molar refractivity (Wildman–Crippen MR) is 97.2 cm³/mol. The van der Waals surface area contributed by atoms with Crippen molar-refractivity contribution >= 4 is 41.0 Å². The number of carbonyl (C=O) groups is 1. The maximum Gasteiger partial charge on any atom is 0.224 e. The van der Waals surface area contributed by atoms with Crippen molar-refractivity contribution in [2.75, 3.05) is 20.1 Å². The number of nitrogens with one attached hydrogen (secondary N) is 2. The summed E-state index contributed by atoms with van der Waals surface area (Å²) in [5, 5.41) is 9.18. The summed E-state index contributed by atoms with van der Waals surface area (Å²) in [6, 6.07) is 4.23. The van der Waals surface area contributed by atoms with Crippen molar-refractivity contribution in [2.45, 2.75) is 20.3 Å². The second kappa shape index (κ2) is 9.25.